The number of thiophene rings is 1. The molecule has 37 heavy (non-hydrogen) atoms. The van der Waals surface area contributed by atoms with Gasteiger partial charge >= 0.3 is 5.97 Å². The number of amides is 2. The summed E-state index contributed by atoms with van der Waals surface area (Å²) in [5.74, 6) is 0.432. The lowest BCUT2D eigenvalue weighted by atomic mass is 9.48. The van der Waals surface area contributed by atoms with Crippen LogP contribution in [0.5, 0.6) is 0 Å². The van der Waals surface area contributed by atoms with Crippen molar-refractivity contribution in [1.29, 1.82) is 0 Å². The quantitative estimate of drug-likeness (QED) is 0.453. The number of nitrogens with one attached hydrogen (secondary N) is 1. The van der Waals surface area contributed by atoms with Crippen molar-refractivity contribution in [2.75, 3.05) is 12.4 Å². The number of carbonyl (C=O) groups is 3. The fourth-order valence-electron chi connectivity index (χ4n) is 7.40. The largest absolute Gasteiger partial charge is 0.465 e. The molecule has 9 heteroatoms. The smallest absolute Gasteiger partial charge is 0.341 e. The fraction of sp³-hybridized carbons (Fsp3) is 0.429. The first-order valence-electron chi connectivity index (χ1n) is 12.8. The second-order valence-electron chi connectivity index (χ2n) is 10.9. The van der Waals surface area contributed by atoms with Gasteiger partial charge in [0.1, 0.15) is 5.00 Å². The van der Waals surface area contributed by atoms with Crippen LogP contribution in [0.15, 0.2) is 36.5 Å². The number of primary amides is 1. The van der Waals surface area contributed by atoms with Crippen LogP contribution in [0.1, 0.15) is 80.2 Å². The first-order valence-corrected chi connectivity index (χ1v) is 13.6. The molecular weight excluding hydrogens is 488 g/mol. The molecular formula is C28H30N4O4S. The van der Waals surface area contributed by atoms with Gasteiger partial charge in [-0.15, -0.1) is 11.3 Å². The zero-order chi connectivity index (χ0) is 25.9. The minimum absolute atomic E-state index is 0.115. The third kappa shape index (κ3) is 3.96. The minimum Gasteiger partial charge on any atom is -0.465 e. The first-order chi connectivity index (χ1) is 17.8. The number of carbonyl (C=O) groups excluding carboxylic acids is 3. The molecule has 2 heterocycles. The molecule has 4 bridgehead atoms. The van der Waals surface area contributed by atoms with E-state index in [1.807, 2.05) is 30.3 Å². The topological polar surface area (TPSA) is 116 Å². The molecule has 3 aromatic rings. The third-order valence-corrected chi connectivity index (χ3v) is 9.73. The predicted molar refractivity (Wildman–Crippen MR) is 140 cm³/mol. The summed E-state index contributed by atoms with van der Waals surface area (Å²) in [6.07, 6.45) is 8.83. The van der Waals surface area contributed by atoms with E-state index >= 15 is 0 Å². The van der Waals surface area contributed by atoms with Crippen molar-refractivity contribution >= 4 is 34.1 Å². The van der Waals surface area contributed by atoms with Crippen LogP contribution in [0.4, 0.5) is 5.00 Å². The number of nitrogens with zero attached hydrogens (tertiary/aromatic N) is 2. The van der Waals surface area contributed by atoms with Crippen LogP contribution in [-0.4, -0.2) is 34.7 Å². The summed E-state index contributed by atoms with van der Waals surface area (Å²) in [5, 5.41) is 8.22. The number of nitrogens with two attached hydrogens (primary N) is 1. The summed E-state index contributed by atoms with van der Waals surface area (Å²) in [7, 11) is 1.27. The van der Waals surface area contributed by atoms with Gasteiger partial charge in [-0.3, -0.25) is 9.59 Å². The number of benzene rings is 1. The van der Waals surface area contributed by atoms with Crippen LogP contribution in [0.2, 0.25) is 0 Å². The monoisotopic (exact) mass is 518 g/mol. The Morgan fingerprint density at radius 3 is 2.27 bits per heavy atom. The van der Waals surface area contributed by atoms with Gasteiger partial charge in [0.25, 0.3) is 11.8 Å². The molecule has 3 N–H and O–H groups in total. The number of rotatable bonds is 6. The SMILES string of the molecule is COC(=O)c1c(NC(=O)c2cn(-c3ccccc3)nc2C23CC4CC(CC(C4)C2)C3)sc(C(N)=O)c1C. The Balaban J connectivity index is 1.43. The molecule has 4 saturated carbocycles. The molecule has 4 aliphatic carbocycles. The van der Waals surface area contributed by atoms with Gasteiger partial charge in [-0.25, -0.2) is 9.48 Å². The summed E-state index contributed by atoms with van der Waals surface area (Å²) in [4.78, 5) is 38.7. The Hall–Kier alpha value is -3.46. The second kappa shape index (κ2) is 8.83. The summed E-state index contributed by atoms with van der Waals surface area (Å²) in [5.41, 5.74) is 8.21. The lowest BCUT2D eigenvalue weighted by Crippen LogP contribution is -2.49. The van der Waals surface area contributed by atoms with Gasteiger partial charge < -0.3 is 15.8 Å². The van der Waals surface area contributed by atoms with E-state index in [9.17, 15) is 14.4 Å². The van der Waals surface area contributed by atoms with E-state index < -0.39 is 11.9 Å². The molecule has 0 saturated heterocycles. The molecule has 4 fully saturated rings. The van der Waals surface area contributed by atoms with Crippen molar-refractivity contribution in [3.05, 3.63) is 63.8 Å². The van der Waals surface area contributed by atoms with E-state index in [1.165, 1.54) is 26.4 Å². The molecule has 7 rings (SSSR count). The van der Waals surface area contributed by atoms with Crippen molar-refractivity contribution in [2.24, 2.45) is 23.5 Å². The number of anilines is 1. The summed E-state index contributed by atoms with van der Waals surface area (Å²) in [6.45, 7) is 1.63. The summed E-state index contributed by atoms with van der Waals surface area (Å²) in [6, 6.07) is 9.78. The first kappa shape index (κ1) is 23.9. The van der Waals surface area contributed by atoms with E-state index in [4.69, 9.17) is 15.6 Å². The molecule has 1 aromatic carbocycles. The van der Waals surface area contributed by atoms with Gasteiger partial charge in [-0.2, -0.15) is 5.10 Å². The van der Waals surface area contributed by atoms with Crippen LogP contribution >= 0.6 is 11.3 Å². The van der Waals surface area contributed by atoms with Gasteiger partial charge in [-0.05, 0) is 80.9 Å². The van der Waals surface area contributed by atoms with Crippen LogP contribution in [0, 0.1) is 24.7 Å². The van der Waals surface area contributed by atoms with E-state index in [1.54, 1.807) is 17.8 Å². The van der Waals surface area contributed by atoms with E-state index in [0.717, 1.165) is 42.0 Å². The maximum atomic E-state index is 13.9. The van der Waals surface area contributed by atoms with Crippen molar-refractivity contribution in [3.63, 3.8) is 0 Å². The highest BCUT2D eigenvalue weighted by atomic mass is 32.1. The lowest BCUT2D eigenvalue weighted by molar-refractivity contribution is -0.00765. The number of hydrogen-bond donors (Lipinski definition) is 2. The zero-order valence-electron chi connectivity index (χ0n) is 21.0. The van der Waals surface area contributed by atoms with Gasteiger partial charge in [0.05, 0.1) is 34.5 Å². The molecule has 0 aliphatic heterocycles. The lowest BCUT2D eigenvalue weighted by Gasteiger charge is -2.56. The molecule has 2 aromatic heterocycles. The second-order valence-corrected chi connectivity index (χ2v) is 12.0. The molecule has 0 unspecified atom stereocenters. The van der Waals surface area contributed by atoms with Crippen LogP contribution in [0.3, 0.4) is 0 Å². The Kier molecular flexibility index (Phi) is 5.71. The molecule has 192 valence electrons. The highest BCUT2D eigenvalue weighted by Gasteiger charge is 2.54. The number of methoxy groups -OCH3 is 1. The number of esters is 1. The van der Waals surface area contributed by atoms with Gasteiger partial charge in [0, 0.05) is 11.6 Å². The Labute approximate surface area is 219 Å². The van der Waals surface area contributed by atoms with Crippen molar-refractivity contribution in [2.45, 2.75) is 50.9 Å². The highest BCUT2D eigenvalue weighted by molar-refractivity contribution is 7.18. The van der Waals surface area contributed by atoms with Crippen molar-refractivity contribution in [3.8, 4) is 5.69 Å². The molecule has 2 amide bonds. The maximum Gasteiger partial charge on any atom is 0.341 e. The standard InChI is InChI=1S/C28H30N4O4S/c1-15-21(27(35)36-2)26(37-22(15)24(29)33)30-25(34)20-14-32(19-6-4-3-5-7-19)31-23(20)28-11-16-8-17(12-28)10-18(9-16)13-28/h3-7,14,16-18H,8-13H2,1-2H3,(H2,29,33)(H,30,34). The van der Waals surface area contributed by atoms with E-state index in [2.05, 4.69) is 5.32 Å². The molecule has 0 spiro atoms. The average molecular weight is 519 g/mol. The van der Waals surface area contributed by atoms with Crippen molar-refractivity contribution in [1.82, 2.24) is 9.78 Å². The molecule has 0 radical (unpaired) electrons. The number of hydrogen-bond acceptors (Lipinski definition) is 6. The average Bonchev–Trinajstić information content (AvgIpc) is 3.46. The van der Waals surface area contributed by atoms with E-state index in [-0.39, 0.29) is 26.8 Å². The van der Waals surface area contributed by atoms with Crippen molar-refractivity contribution < 1.29 is 19.1 Å². The normalized spacial score (nSPS) is 25.7. The number of para-hydroxylation sites is 1. The maximum absolute atomic E-state index is 13.9. The van der Waals surface area contributed by atoms with Gasteiger partial charge in [-0.1, -0.05) is 18.2 Å². The Bertz CT molecular complexity index is 1370. The van der Waals surface area contributed by atoms with Crippen LogP contribution in [0.25, 0.3) is 5.69 Å². The van der Waals surface area contributed by atoms with Crippen LogP contribution in [-0.2, 0) is 10.2 Å². The number of ether oxygens (including phenoxy) is 1. The van der Waals surface area contributed by atoms with Crippen LogP contribution < -0.4 is 11.1 Å². The zero-order valence-corrected chi connectivity index (χ0v) is 21.8. The number of aromatic nitrogens is 2. The minimum atomic E-state index is -0.653. The Morgan fingerprint density at radius 1 is 1.08 bits per heavy atom. The molecule has 0 atom stereocenters. The highest BCUT2D eigenvalue weighted by Crippen LogP contribution is 2.61. The third-order valence-electron chi connectivity index (χ3n) is 8.51. The summed E-state index contributed by atoms with van der Waals surface area (Å²) < 4.78 is 6.73. The Morgan fingerprint density at radius 2 is 1.70 bits per heavy atom. The predicted octanol–water partition coefficient (Wildman–Crippen LogP) is 4.85. The van der Waals surface area contributed by atoms with Gasteiger partial charge in [0.2, 0.25) is 0 Å². The fourth-order valence-corrected chi connectivity index (χ4v) is 8.44. The van der Waals surface area contributed by atoms with Gasteiger partial charge in [0.15, 0.2) is 0 Å². The summed E-state index contributed by atoms with van der Waals surface area (Å²) >= 11 is 0.995. The van der Waals surface area contributed by atoms with E-state index in [0.29, 0.717) is 28.9 Å². The molecule has 4 aliphatic rings. The molecule has 8 nitrogen and oxygen atoms in total.